The summed E-state index contributed by atoms with van der Waals surface area (Å²) in [6.45, 7) is 6.99. The van der Waals surface area contributed by atoms with Gasteiger partial charge in [-0.05, 0) is 12.8 Å². The van der Waals surface area contributed by atoms with Crippen LogP contribution in [0.3, 0.4) is 0 Å². The summed E-state index contributed by atoms with van der Waals surface area (Å²) < 4.78 is 4.58. The Balaban J connectivity index is 3.68. The van der Waals surface area contributed by atoms with Crippen LogP contribution in [0.2, 0.25) is 0 Å². The lowest BCUT2D eigenvalue weighted by atomic mass is 10.1. The molecule has 0 aliphatic rings. The number of carbonyl (C=O) groups is 2. The van der Waals surface area contributed by atoms with Crippen molar-refractivity contribution < 1.29 is 24.5 Å². The van der Waals surface area contributed by atoms with Gasteiger partial charge in [-0.25, -0.2) is 9.59 Å². The monoisotopic (exact) mass is 243 g/mol. The van der Waals surface area contributed by atoms with Gasteiger partial charge < -0.3 is 20.3 Å². The normalized spacial score (nSPS) is 11.4. The molecule has 0 bridgehead atoms. The largest absolute Gasteiger partial charge is 0.478 e. The first-order valence-electron chi connectivity index (χ1n) is 5.12. The van der Waals surface area contributed by atoms with Gasteiger partial charge in [0.05, 0.1) is 0 Å². The predicted molar refractivity (Wildman–Crippen MR) is 61.3 cm³/mol. The second-order valence-corrected chi connectivity index (χ2v) is 3.33. The van der Waals surface area contributed by atoms with Crippen LogP contribution in [0.4, 0.5) is 4.79 Å². The molecule has 3 N–H and O–H groups in total. The van der Waals surface area contributed by atoms with Crippen LogP contribution in [-0.4, -0.2) is 35.1 Å². The van der Waals surface area contributed by atoms with Gasteiger partial charge in [-0.15, -0.1) is 6.58 Å². The highest BCUT2D eigenvalue weighted by molar-refractivity contribution is 5.85. The number of aliphatic hydroxyl groups is 1. The Hall–Kier alpha value is -1.82. The molecule has 0 aliphatic carbocycles. The topological polar surface area (TPSA) is 95.9 Å². The van der Waals surface area contributed by atoms with E-state index >= 15 is 0 Å². The standard InChI is InChI=1S/C11H17NO5/c1-3-7-12-11(16)17-9(13)6-4-5-8(2)10(14)15/h3,9,13H,1-2,4-7H2,(H,12,16)(H,14,15). The lowest BCUT2D eigenvalue weighted by Crippen LogP contribution is -2.28. The molecule has 0 rings (SSSR count). The molecule has 96 valence electrons. The van der Waals surface area contributed by atoms with Crippen molar-refractivity contribution in [2.45, 2.75) is 25.6 Å². The number of aliphatic hydroxyl groups excluding tert-OH is 1. The molecule has 0 saturated carbocycles. The molecular formula is C11H17NO5. The SMILES string of the molecule is C=CCNC(=O)OC(O)CCCC(=C)C(=O)O. The number of aliphatic carboxylic acids is 1. The Morgan fingerprint density at radius 3 is 2.65 bits per heavy atom. The zero-order valence-corrected chi connectivity index (χ0v) is 9.52. The Bertz CT molecular complexity index is 300. The van der Waals surface area contributed by atoms with Crippen molar-refractivity contribution >= 4 is 12.1 Å². The van der Waals surface area contributed by atoms with Gasteiger partial charge in [0.2, 0.25) is 6.29 Å². The van der Waals surface area contributed by atoms with Crippen molar-refractivity contribution in [2.24, 2.45) is 0 Å². The van der Waals surface area contributed by atoms with Crippen LogP contribution in [0, 0.1) is 0 Å². The van der Waals surface area contributed by atoms with E-state index in [9.17, 15) is 14.7 Å². The first kappa shape index (κ1) is 15.2. The van der Waals surface area contributed by atoms with Crippen LogP contribution in [-0.2, 0) is 9.53 Å². The Morgan fingerprint density at radius 1 is 1.47 bits per heavy atom. The minimum Gasteiger partial charge on any atom is -0.478 e. The van der Waals surface area contributed by atoms with Gasteiger partial charge >= 0.3 is 12.1 Å². The summed E-state index contributed by atoms with van der Waals surface area (Å²) in [5, 5.41) is 20.1. The van der Waals surface area contributed by atoms with Crippen molar-refractivity contribution in [1.29, 1.82) is 0 Å². The summed E-state index contributed by atoms with van der Waals surface area (Å²) in [5.74, 6) is -1.07. The van der Waals surface area contributed by atoms with Crippen LogP contribution in [0.15, 0.2) is 24.8 Å². The van der Waals surface area contributed by atoms with Crippen molar-refractivity contribution in [3.63, 3.8) is 0 Å². The molecule has 0 aromatic carbocycles. The third-order valence-electron chi connectivity index (χ3n) is 1.87. The van der Waals surface area contributed by atoms with Crippen LogP contribution >= 0.6 is 0 Å². The second kappa shape index (κ2) is 8.35. The molecule has 1 amide bonds. The number of carboxylic acid groups (broad SMARTS) is 1. The Labute approximate surface area is 99.6 Å². The minimum absolute atomic E-state index is 0.0632. The molecule has 6 nitrogen and oxygen atoms in total. The average molecular weight is 243 g/mol. The molecule has 6 heteroatoms. The van der Waals surface area contributed by atoms with Crippen LogP contribution in [0.25, 0.3) is 0 Å². The Kier molecular flexibility index (Phi) is 7.45. The molecule has 1 unspecified atom stereocenters. The smallest absolute Gasteiger partial charge is 0.409 e. The molecule has 0 aromatic heterocycles. The molecule has 0 heterocycles. The quantitative estimate of drug-likeness (QED) is 0.336. The summed E-state index contributed by atoms with van der Waals surface area (Å²) in [6, 6.07) is 0. The van der Waals surface area contributed by atoms with Crippen molar-refractivity contribution in [1.82, 2.24) is 5.32 Å². The third-order valence-corrected chi connectivity index (χ3v) is 1.87. The van der Waals surface area contributed by atoms with Gasteiger partial charge in [-0.3, -0.25) is 0 Å². The van der Waals surface area contributed by atoms with Crippen molar-refractivity contribution in [3.8, 4) is 0 Å². The number of hydrogen-bond donors (Lipinski definition) is 3. The number of hydrogen-bond acceptors (Lipinski definition) is 4. The van der Waals surface area contributed by atoms with E-state index in [1.807, 2.05) is 0 Å². The van der Waals surface area contributed by atoms with Crippen molar-refractivity contribution in [2.75, 3.05) is 6.54 Å². The van der Waals surface area contributed by atoms with Crippen molar-refractivity contribution in [3.05, 3.63) is 24.8 Å². The highest BCUT2D eigenvalue weighted by Gasteiger charge is 2.11. The van der Waals surface area contributed by atoms with Crippen LogP contribution in [0.5, 0.6) is 0 Å². The molecule has 0 radical (unpaired) electrons. The fraction of sp³-hybridized carbons (Fsp3) is 0.455. The van der Waals surface area contributed by atoms with Gasteiger partial charge in [-0.1, -0.05) is 12.7 Å². The molecular weight excluding hydrogens is 226 g/mol. The fourth-order valence-corrected chi connectivity index (χ4v) is 0.977. The predicted octanol–water partition coefficient (Wildman–Crippen LogP) is 1.03. The van der Waals surface area contributed by atoms with Gasteiger partial charge in [0.25, 0.3) is 0 Å². The summed E-state index contributed by atoms with van der Waals surface area (Å²) in [5.41, 5.74) is 0.0632. The van der Waals surface area contributed by atoms with Crippen LogP contribution < -0.4 is 5.32 Å². The number of ether oxygens (including phenoxy) is 1. The number of amides is 1. The van der Waals surface area contributed by atoms with E-state index in [1.54, 1.807) is 0 Å². The average Bonchev–Trinajstić information content (AvgIpc) is 2.25. The van der Waals surface area contributed by atoms with E-state index in [-0.39, 0.29) is 25.0 Å². The molecule has 0 aliphatic heterocycles. The van der Waals surface area contributed by atoms with Gasteiger partial charge in [-0.2, -0.15) is 0 Å². The molecule has 1 atom stereocenters. The highest BCUT2D eigenvalue weighted by atomic mass is 16.6. The maximum absolute atomic E-state index is 11.0. The van der Waals surface area contributed by atoms with Gasteiger partial charge in [0.15, 0.2) is 0 Å². The highest BCUT2D eigenvalue weighted by Crippen LogP contribution is 2.08. The van der Waals surface area contributed by atoms with E-state index < -0.39 is 18.4 Å². The van der Waals surface area contributed by atoms with E-state index in [0.717, 1.165) is 0 Å². The summed E-state index contributed by atoms with van der Waals surface area (Å²) in [4.78, 5) is 21.4. The molecule has 0 aromatic rings. The fourth-order valence-electron chi connectivity index (χ4n) is 0.977. The third kappa shape index (κ3) is 8.04. The zero-order valence-electron chi connectivity index (χ0n) is 9.52. The number of nitrogens with one attached hydrogen (secondary N) is 1. The van der Waals surface area contributed by atoms with Crippen LogP contribution in [0.1, 0.15) is 19.3 Å². The Morgan fingerprint density at radius 2 is 2.12 bits per heavy atom. The number of carbonyl (C=O) groups excluding carboxylic acids is 1. The minimum atomic E-state index is -1.25. The second-order valence-electron chi connectivity index (χ2n) is 3.33. The molecule has 0 fully saturated rings. The lowest BCUT2D eigenvalue weighted by Gasteiger charge is -2.11. The number of alkyl carbamates (subject to hydrolysis) is 1. The van der Waals surface area contributed by atoms with Gasteiger partial charge in [0.1, 0.15) is 0 Å². The summed E-state index contributed by atoms with van der Waals surface area (Å²) >= 11 is 0. The maximum Gasteiger partial charge on any atom is 0.409 e. The van der Waals surface area contributed by atoms with E-state index in [4.69, 9.17) is 5.11 Å². The first-order valence-corrected chi connectivity index (χ1v) is 5.12. The number of rotatable bonds is 8. The summed E-state index contributed by atoms with van der Waals surface area (Å²) in [6.07, 6.45) is 0.263. The summed E-state index contributed by atoms with van der Waals surface area (Å²) in [7, 11) is 0. The number of carboxylic acids is 1. The zero-order chi connectivity index (χ0) is 13.3. The molecule has 0 spiro atoms. The van der Waals surface area contributed by atoms with Gasteiger partial charge in [0, 0.05) is 18.5 Å². The maximum atomic E-state index is 11.0. The van der Waals surface area contributed by atoms with E-state index in [2.05, 4.69) is 23.2 Å². The first-order chi connectivity index (χ1) is 7.97. The van der Waals surface area contributed by atoms with E-state index in [1.165, 1.54) is 6.08 Å². The van der Waals surface area contributed by atoms with E-state index in [0.29, 0.717) is 6.42 Å². The molecule has 0 saturated heterocycles. The molecule has 17 heavy (non-hydrogen) atoms. The lowest BCUT2D eigenvalue weighted by molar-refractivity contribution is -0.132.